The topological polar surface area (TPSA) is 21.6 Å². The summed E-state index contributed by atoms with van der Waals surface area (Å²) in [6.07, 6.45) is 0. The van der Waals surface area contributed by atoms with Crippen LogP contribution in [0.5, 0.6) is 0 Å². The van der Waals surface area contributed by atoms with Gasteiger partial charge < -0.3 is 4.74 Å². The fourth-order valence-electron chi connectivity index (χ4n) is 5.55. The lowest BCUT2D eigenvalue weighted by molar-refractivity contribution is 0.317. The Hall–Kier alpha value is -2.44. The predicted molar refractivity (Wildman–Crippen MR) is 150 cm³/mol. The summed E-state index contributed by atoms with van der Waals surface area (Å²) in [5.74, 6) is -1.31. The van der Waals surface area contributed by atoms with Crippen LogP contribution in [0.15, 0.2) is 76.6 Å². The molecule has 3 aromatic carbocycles. The Morgan fingerprint density at radius 3 is 1.78 bits per heavy atom. The lowest BCUT2D eigenvalue weighted by Crippen LogP contribution is -2.40. The highest BCUT2D eigenvalue weighted by Gasteiger charge is 2.44. The third kappa shape index (κ3) is 5.16. The van der Waals surface area contributed by atoms with Crippen LogP contribution in [0.3, 0.4) is 0 Å². The molecule has 1 heterocycles. The van der Waals surface area contributed by atoms with Crippen LogP contribution in [0.1, 0.15) is 58.7 Å². The van der Waals surface area contributed by atoms with Crippen LogP contribution in [0.4, 0.5) is 8.78 Å². The Morgan fingerprint density at radius 2 is 1.28 bits per heavy atom. The molecule has 0 bridgehead atoms. The molecule has 2 nitrogen and oxygen atoms in total. The second-order valence-corrected chi connectivity index (χ2v) is 19.0. The first kappa shape index (κ1) is 26.6. The van der Waals surface area contributed by atoms with Gasteiger partial charge >= 0.3 is 0 Å². The first-order valence-electron chi connectivity index (χ1n) is 12.7. The van der Waals surface area contributed by atoms with Crippen molar-refractivity contribution < 1.29 is 13.5 Å². The quantitative estimate of drug-likeness (QED) is 0.274. The Labute approximate surface area is 218 Å². The second-order valence-electron chi connectivity index (χ2n) is 10.4. The molecule has 0 saturated heterocycles. The molecule has 0 saturated carbocycles. The molecule has 0 fully saturated rings. The van der Waals surface area contributed by atoms with Crippen LogP contribution in [0, 0.1) is 11.6 Å². The van der Waals surface area contributed by atoms with Crippen molar-refractivity contribution >= 4 is 24.3 Å². The van der Waals surface area contributed by atoms with Gasteiger partial charge in [-0.15, -0.1) is 0 Å². The molecule has 1 aliphatic heterocycles. The Balaban J connectivity index is 1.50. The van der Waals surface area contributed by atoms with E-state index in [0.717, 1.165) is 16.7 Å². The number of nitrogens with zero attached hydrogens (tertiary/aromatic N) is 1. The van der Waals surface area contributed by atoms with Crippen molar-refractivity contribution in [2.24, 2.45) is 4.99 Å². The molecule has 4 rings (SSSR count). The minimum atomic E-state index is -1.58. The normalized spacial score (nSPS) is 16.1. The van der Waals surface area contributed by atoms with E-state index in [1.165, 1.54) is 23.1 Å². The molecule has 1 atom stereocenters. The van der Waals surface area contributed by atoms with Gasteiger partial charge in [-0.3, -0.25) is 0 Å². The zero-order valence-electron chi connectivity index (χ0n) is 21.9. The number of benzene rings is 3. The van der Waals surface area contributed by atoms with Crippen LogP contribution >= 0.6 is 11.2 Å². The lowest BCUT2D eigenvalue weighted by Gasteiger charge is -2.42. The molecule has 0 N–H and O–H groups in total. The van der Waals surface area contributed by atoms with E-state index in [0.29, 0.717) is 16.6 Å². The lowest BCUT2D eigenvalue weighted by atomic mass is 10.0. The smallest absolute Gasteiger partial charge is 0.222 e. The van der Waals surface area contributed by atoms with Crippen molar-refractivity contribution in [3.63, 3.8) is 0 Å². The largest absolute Gasteiger partial charge is 0.475 e. The van der Waals surface area contributed by atoms with E-state index in [-0.39, 0.29) is 24.1 Å². The number of rotatable bonds is 8. The highest BCUT2D eigenvalue weighted by molar-refractivity contribution is 8.29. The van der Waals surface area contributed by atoms with Crippen LogP contribution < -0.4 is 0 Å². The number of aliphatic imine (C=N–C) groups is 1. The summed E-state index contributed by atoms with van der Waals surface area (Å²) in [4.78, 5) is 5.81. The minimum Gasteiger partial charge on any atom is -0.475 e. The summed E-state index contributed by atoms with van der Waals surface area (Å²) in [5, 5.41) is 0. The SMILES string of the molecule is CC(C)[Si](Sc1ccc(-c2ccc(C3COC(c4c(F)cccc4F)=N3)cc2)cc1)(C(C)C)C(C)C. The first-order valence-corrected chi connectivity index (χ1v) is 16.4. The van der Waals surface area contributed by atoms with Gasteiger partial charge in [0, 0.05) is 4.90 Å². The van der Waals surface area contributed by atoms with Crippen LogP contribution in [-0.4, -0.2) is 19.7 Å². The molecule has 0 aliphatic carbocycles. The molecule has 3 aromatic rings. The number of ether oxygens (including phenoxy) is 1. The summed E-state index contributed by atoms with van der Waals surface area (Å²) in [6.45, 7) is 14.6. The fourth-order valence-corrected chi connectivity index (χ4v) is 14.7. The Bertz CT molecular complexity index is 1180. The molecule has 0 spiro atoms. The van der Waals surface area contributed by atoms with Gasteiger partial charge in [0.15, 0.2) is 0 Å². The fraction of sp³-hybridized carbons (Fsp3) is 0.367. The maximum atomic E-state index is 14.1. The maximum Gasteiger partial charge on any atom is 0.222 e. The van der Waals surface area contributed by atoms with Crippen molar-refractivity contribution in [3.05, 3.63) is 89.5 Å². The average Bonchev–Trinajstić information content (AvgIpc) is 3.32. The van der Waals surface area contributed by atoms with Crippen LogP contribution in [0.25, 0.3) is 11.1 Å². The molecule has 0 aromatic heterocycles. The average molecular weight is 524 g/mol. The minimum absolute atomic E-state index is 0.0246. The second kappa shape index (κ2) is 10.9. The predicted octanol–water partition coefficient (Wildman–Crippen LogP) is 9.42. The maximum absolute atomic E-state index is 14.1. The van der Waals surface area contributed by atoms with Crippen molar-refractivity contribution in [2.45, 2.75) is 69.1 Å². The third-order valence-electron chi connectivity index (χ3n) is 7.31. The zero-order valence-corrected chi connectivity index (χ0v) is 23.7. The molecular weight excluding hydrogens is 488 g/mol. The van der Waals surface area contributed by atoms with Crippen LogP contribution in [0.2, 0.25) is 16.6 Å². The van der Waals surface area contributed by atoms with E-state index in [1.54, 1.807) is 0 Å². The Morgan fingerprint density at radius 1 is 0.778 bits per heavy atom. The number of hydrogen-bond acceptors (Lipinski definition) is 3. The van der Waals surface area contributed by atoms with Gasteiger partial charge in [0.1, 0.15) is 37.1 Å². The monoisotopic (exact) mass is 523 g/mol. The van der Waals surface area contributed by atoms with Gasteiger partial charge in [-0.2, -0.15) is 11.2 Å². The molecular formula is C30H35F2NOSSi. The summed E-state index contributed by atoms with van der Waals surface area (Å²) >= 11 is 2.14. The van der Waals surface area contributed by atoms with Crippen molar-refractivity contribution in [1.82, 2.24) is 0 Å². The van der Waals surface area contributed by atoms with Crippen molar-refractivity contribution in [3.8, 4) is 11.1 Å². The van der Waals surface area contributed by atoms with E-state index >= 15 is 0 Å². The molecule has 0 amide bonds. The zero-order chi connectivity index (χ0) is 26.0. The van der Waals surface area contributed by atoms with Gasteiger partial charge in [0.05, 0.1) is 0 Å². The van der Waals surface area contributed by atoms with Crippen molar-refractivity contribution in [1.29, 1.82) is 0 Å². The molecule has 36 heavy (non-hydrogen) atoms. The van der Waals surface area contributed by atoms with Gasteiger partial charge in [-0.25, -0.2) is 13.8 Å². The Kier molecular flexibility index (Phi) is 8.05. The van der Waals surface area contributed by atoms with Gasteiger partial charge in [-0.05, 0) is 57.6 Å². The van der Waals surface area contributed by atoms with E-state index in [9.17, 15) is 8.78 Å². The highest BCUT2D eigenvalue weighted by Crippen LogP contribution is 2.52. The van der Waals surface area contributed by atoms with Crippen molar-refractivity contribution in [2.75, 3.05) is 6.61 Å². The molecule has 1 aliphatic rings. The van der Waals surface area contributed by atoms with Gasteiger partial charge in [0.2, 0.25) is 5.90 Å². The number of halogens is 2. The summed E-state index contributed by atoms with van der Waals surface area (Å²) < 4.78 is 33.8. The highest BCUT2D eigenvalue weighted by atomic mass is 32.4. The summed E-state index contributed by atoms with van der Waals surface area (Å²) in [5.41, 5.74) is 5.15. The first-order chi connectivity index (χ1) is 17.1. The third-order valence-corrected chi connectivity index (χ3v) is 19.6. The van der Waals surface area contributed by atoms with E-state index in [1.807, 2.05) is 12.1 Å². The van der Waals surface area contributed by atoms with Crippen LogP contribution in [-0.2, 0) is 4.74 Å². The molecule has 0 radical (unpaired) electrons. The standard InChI is InChI=1S/C30H35F2NOSSi/c1-19(2)36(20(3)4,21(5)6)35-25-16-14-23(15-17-25)22-10-12-24(13-11-22)28-18-34-30(33-28)29-26(31)8-7-9-27(29)32/h7-17,19-21,28H,18H2,1-6H3. The summed E-state index contributed by atoms with van der Waals surface area (Å²) in [6, 6.07) is 20.6. The van der Waals surface area contributed by atoms with E-state index in [2.05, 4.69) is 94.1 Å². The van der Waals surface area contributed by atoms with E-state index in [4.69, 9.17) is 4.74 Å². The molecule has 190 valence electrons. The van der Waals surface area contributed by atoms with Gasteiger partial charge in [0.25, 0.3) is 0 Å². The van der Waals surface area contributed by atoms with Gasteiger partial charge in [-0.1, -0.05) is 84.0 Å². The van der Waals surface area contributed by atoms with E-state index < -0.39 is 18.9 Å². The summed E-state index contributed by atoms with van der Waals surface area (Å²) in [7, 11) is -1.58. The molecule has 6 heteroatoms. The number of hydrogen-bond donors (Lipinski definition) is 0. The molecule has 1 unspecified atom stereocenters.